The summed E-state index contributed by atoms with van der Waals surface area (Å²) in [5, 5.41) is 5.19. The van der Waals surface area contributed by atoms with Gasteiger partial charge in [-0.25, -0.2) is 0 Å². The van der Waals surface area contributed by atoms with Crippen molar-refractivity contribution in [3.05, 3.63) is 11.5 Å². The molecule has 2 fully saturated rings. The molecule has 4 atom stereocenters. The molecule has 0 bridgehead atoms. The Balaban J connectivity index is 1.11. The minimum atomic E-state index is -1.68. The van der Waals surface area contributed by atoms with Gasteiger partial charge < -0.3 is 52.4 Å². The monoisotopic (exact) mass is 651 g/mol. The molecule has 2 aliphatic rings. The number of nitrogens with zero attached hydrogens (tertiary/aromatic N) is 5. The van der Waals surface area contributed by atoms with Crippen LogP contribution in [0.4, 0.5) is 5.82 Å². The highest BCUT2D eigenvalue weighted by molar-refractivity contribution is 7.58. The Morgan fingerprint density at radius 2 is 1.76 bits per heavy atom. The van der Waals surface area contributed by atoms with Gasteiger partial charge >= 0.3 is 0 Å². The fourth-order valence-corrected chi connectivity index (χ4v) is 5.33. The molecule has 0 aromatic carbocycles. The zero-order valence-electron chi connectivity index (χ0n) is 23.0. The van der Waals surface area contributed by atoms with Crippen molar-refractivity contribution >= 4 is 45.6 Å². The lowest BCUT2D eigenvalue weighted by molar-refractivity contribution is -0.123. The molecule has 2 aromatic rings. The van der Waals surface area contributed by atoms with Crippen LogP contribution in [0.2, 0.25) is 5.28 Å². The number of aromatic nitrogens is 4. The lowest BCUT2D eigenvalue weighted by atomic mass is 10.1. The summed E-state index contributed by atoms with van der Waals surface area (Å²) in [7, 11) is -2.05. The van der Waals surface area contributed by atoms with Crippen LogP contribution in [0.1, 0.15) is 6.41 Å². The first-order valence-electron chi connectivity index (χ1n) is 13.3. The van der Waals surface area contributed by atoms with E-state index in [2.05, 4.69) is 21.0 Å². The summed E-state index contributed by atoms with van der Waals surface area (Å²) < 4.78 is 45.8. The van der Waals surface area contributed by atoms with Crippen LogP contribution in [-0.2, 0) is 37.7 Å². The van der Waals surface area contributed by atoms with Crippen molar-refractivity contribution in [3.8, 4) is 12.3 Å². The van der Waals surface area contributed by atoms with Crippen LogP contribution in [0.3, 0.4) is 0 Å². The van der Waals surface area contributed by atoms with Crippen LogP contribution in [-0.4, -0.2) is 133 Å². The van der Waals surface area contributed by atoms with Crippen LogP contribution in [0.5, 0.6) is 0 Å². The smallest absolute Gasteiger partial charge is 0.262 e. The molecule has 2 saturated heterocycles. The second-order valence-corrected chi connectivity index (χ2v) is 11.9. The number of rotatable bonds is 21. The molecule has 15 nitrogen and oxygen atoms in total. The van der Waals surface area contributed by atoms with Crippen molar-refractivity contribution in [1.82, 2.24) is 19.7 Å². The van der Waals surface area contributed by atoms with Gasteiger partial charge in [-0.3, -0.25) is 0 Å². The lowest BCUT2D eigenvalue weighted by Crippen LogP contribution is -2.53. The van der Waals surface area contributed by atoms with Gasteiger partial charge in [0.1, 0.15) is 18.5 Å². The average molecular weight is 652 g/mol. The minimum Gasteiger partial charge on any atom is -0.377 e. The Morgan fingerprint density at radius 1 is 1.07 bits per heavy atom. The summed E-state index contributed by atoms with van der Waals surface area (Å²) in [5.74, 6) is 3.26. The summed E-state index contributed by atoms with van der Waals surface area (Å²) >= 11 is 6.25. The zero-order chi connectivity index (χ0) is 29.6. The van der Waals surface area contributed by atoms with E-state index < -0.39 is 20.9 Å². The maximum Gasteiger partial charge on any atom is 0.262 e. The summed E-state index contributed by atoms with van der Waals surface area (Å²) in [4.78, 5) is 29.4. The molecule has 4 unspecified atom stereocenters. The van der Waals surface area contributed by atoms with E-state index in [1.165, 1.54) is 4.68 Å². The molecule has 2 aromatic heterocycles. The van der Waals surface area contributed by atoms with E-state index in [1.54, 1.807) is 6.20 Å². The number of halogens is 1. The summed E-state index contributed by atoms with van der Waals surface area (Å²) in [6, 6.07) is 0. The van der Waals surface area contributed by atoms with Crippen LogP contribution < -0.4 is 4.90 Å². The standard InChI is InChI=1S/C24H36ClN5O10P2/c1-2-3-33-4-5-34-6-7-35-8-9-36-10-11-37-18-13-29(14-18)21-20-12-26-30(22(20)28-23(25)27-21)24-38-15-19(40-24)16-39-42(32)17-41-31/h1,12,18-19,24,31-32,41H,3-11,13-17H2. The second-order valence-electron chi connectivity index (χ2n) is 9.00. The lowest BCUT2D eigenvalue weighted by Gasteiger charge is -2.39. The van der Waals surface area contributed by atoms with Crippen LogP contribution in [0.15, 0.2) is 6.20 Å². The van der Waals surface area contributed by atoms with Gasteiger partial charge in [0.15, 0.2) is 14.0 Å². The Morgan fingerprint density at radius 3 is 2.45 bits per heavy atom. The first kappa shape index (κ1) is 33.6. The first-order valence-corrected chi connectivity index (χ1v) is 16.3. The highest BCUT2D eigenvalue weighted by Gasteiger charge is 2.34. The predicted octanol–water partition coefficient (Wildman–Crippen LogP) is 1.12. The Bertz CT molecular complexity index is 1130. The third-order valence-electron chi connectivity index (χ3n) is 5.99. The zero-order valence-corrected chi connectivity index (χ0v) is 25.7. The summed E-state index contributed by atoms with van der Waals surface area (Å²) in [5.41, 5.74) is 0.475. The number of anilines is 1. The number of ether oxygens (including phenoxy) is 7. The average Bonchev–Trinajstić information content (AvgIpc) is 3.60. The SMILES string of the molecule is C#CCOCCOCCOCCOCCOC1CN(c2nc(Cl)nc3c2cnn3C2OCC(COP(O)CPO)O2)C1. The highest BCUT2D eigenvalue weighted by atomic mass is 35.5. The fourth-order valence-electron chi connectivity index (χ4n) is 3.99. The Kier molecular flexibility index (Phi) is 14.7. The van der Waals surface area contributed by atoms with Gasteiger partial charge in [0.2, 0.25) is 5.28 Å². The van der Waals surface area contributed by atoms with E-state index in [0.717, 1.165) is 0 Å². The van der Waals surface area contributed by atoms with E-state index in [0.29, 0.717) is 89.4 Å². The van der Waals surface area contributed by atoms with E-state index in [9.17, 15) is 4.89 Å². The number of fused-ring (bicyclic) bond motifs is 1. The summed E-state index contributed by atoms with van der Waals surface area (Å²) in [6.07, 6.45) is 5.56. The van der Waals surface area contributed by atoms with Gasteiger partial charge in [-0.2, -0.15) is 19.7 Å². The maximum atomic E-state index is 9.72. The highest BCUT2D eigenvalue weighted by Crippen LogP contribution is 2.38. The molecular weight excluding hydrogens is 616 g/mol. The van der Waals surface area contributed by atoms with Crippen LogP contribution >= 0.6 is 28.8 Å². The van der Waals surface area contributed by atoms with Crippen molar-refractivity contribution in [2.24, 2.45) is 0 Å². The number of hydrogen-bond acceptors (Lipinski definition) is 14. The van der Waals surface area contributed by atoms with Gasteiger partial charge in [-0.05, 0) is 11.6 Å². The van der Waals surface area contributed by atoms with Crippen LogP contribution in [0.25, 0.3) is 11.0 Å². The molecule has 2 aliphatic heterocycles. The molecule has 0 aliphatic carbocycles. The van der Waals surface area contributed by atoms with Crippen LogP contribution in [0, 0.1) is 12.3 Å². The quantitative estimate of drug-likeness (QED) is 0.0855. The van der Waals surface area contributed by atoms with Gasteiger partial charge in [0.05, 0.1) is 89.7 Å². The van der Waals surface area contributed by atoms with Gasteiger partial charge in [0, 0.05) is 21.9 Å². The molecule has 0 saturated carbocycles. The number of terminal acetylenes is 1. The maximum absolute atomic E-state index is 9.72. The topological polar surface area (TPSA) is 161 Å². The van der Waals surface area contributed by atoms with Crippen molar-refractivity contribution in [3.63, 3.8) is 0 Å². The molecule has 0 spiro atoms. The Labute approximate surface area is 251 Å². The molecule has 18 heteroatoms. The molecule has 4 heterocycles. The third-order valence-corrected chi connectivity index (χ3v) is 8.25. The van der Waals surface area contributed by atoms with E-state index in [1.807, 2.05) is 4.90 Å². The van der Waals surface area contributed by atoms with Crippen molar-refractivity contribution in [2.45, 2.75) is 18.6 Å². The van der Waals surface area contributed by atoms with Crippen molar-refractivity contribution in [1.29, 1.82) is 0 Å². The van der Waals surface area contributed by atoms with Crippen molar-refractivity contribution < 1.29 is 47.5 Å². The molecule has 4 rings (SSSR count). The molecule has 234 valence electrons. The van der Waals surface area contributed by atoms with Crippen molar-refractivity contribution in [2.75, 3.05) is 96.6 Å². The number of hydrogen-bond donors (Lipinski definition) is 2. The van der Waals surface area contributed by atoms with E-state index in [4.69, 9.17) is 60.6 Å². The van der Waals surface area contributed by atoms with Gasteiger partial charge in [-0.1, -0.05) is 5.92 Å². The Hall–Kier alpha value is -1.34. The molecule has 0 radical (unpaired) electrons. The van der Waals surface area contributed by atoms with Gasteiger partial charge in [-0.15, -0.1) is 6.42 Å². The first-order chi connectivity index (χ1) is 20.6. The minimum absolute atomic E-state index is 0.0380. The molecule has 2 N–H and O–H groups in total. The normalized spacial score (nSPS) is 20.1. The largest absolute Gasteiger partial charge is 0.377 e. The van der Waals surface area contributed by atoms with Gasteiger partial charge in [0.25, 0.3) is 6.41 Å². The second kappa shape index (κ2) is 18.5. The predicted molar refractivity (Wildman–Crippen MR) is 155 cm³/mol. The van der Waals surface area contributed by atoms with E-state index in [-0.39, 0.29) is 39.3 Å². The molecular formula is C24H36ClN5O10P2. The third kappa shape index (κ3) is 10.4. The molecule has 42 heavy (non-hydrogen) atoms. The fraction of sp³-hybridized carbons (Fsp3) is 0.708. The summed E-state index contributed by atoms with van der Waals surface area (Å²) in [6.45, 7) is 5.78. The van der Waals surface area contributed by atoms with E-state index >= 15 is 0 Å². The molecule has 0 amide bonds.